The van der Waals surface area contributed by atoms with E-state index in [9.17, 15) is 9.59 Å². The first-order chi connectivity index (χ1) is 10.1. The zero-order valence-electron chi connectivity index (χ0n) is 11.7. The highest BCUT2D eigenvalue weighted by Gasteiger charge is 2.31. The molecule has 6 heteroatoms. The van der Waals surface area contributed by atoms with Crippen LogP contribution in [-0.2, 0) is 14.3 Å². The summed E-state index contributed by atoms with van der Waals surface area (Å²) in [7, 11) is 0. The number of rotatable bonds is 3. The maximum absolute atomic E-state index is 12.1. The number of benzene rings is 1. The van der Waals surface area contributed by atoms with E-state index in [-0.39, 0.29) is 23.8 Å². The van der Waals surface area contributed by atoms with Crippen molar-refractivity contribution in [1.82, 2.24) is 0 Å². The Morgan fingerprint density at radius 1 is 1.29 bits per heavy atom. The summed E-state index contributed by atoms with van der Waals surface area (Å²) in [5, 5.41) is 2.84. The molecule has 2 aliphatic rings. The Kier molecular flexibility index (Phi) is 3.90. The number of nitrogens with one attached hydrogen (secondary N) is 1. The second kappa shape index (κ2) is 5.83. The van der Waals surface area contributed by atoms with Gasteiger partial charge in [-0.2, -0.15) is 0 Å². The van der Waals surface area contributed by atoms with Crippen molar-refractivity contribution in [3.8, 4) is 0 Å². The van der Waals surface area contributed by atoms with Crippen LogP contribution in [0.5, 0.6) is 0 Å². The molecule has 2 unspecified atom stereocenters. The van der Waals surface area contributed by atoms with Crippen LogP contribution in [0.3, 0.4) is 0 Å². The van der Waals surface area contributed by atoms with Crippen molar-refractivity contribution in [2.24, 2.45) is 11.7 Å². The molecule has 3 N–H and O–H groups in total. The number of hydrogen-bond donors (Lipinski definition) is 2. The zero-order chi connectivity index (χ0) is 14.8. The molecular weight excluding hydrogens is 270 g/mol. The minimum Gasteiger partial charge on any atom is -0.379 e. The van der Waals surface area contributed by atoms with E-state index in [1.807, 2.05) is 12.1 Å². The van der Waals surface area contributed by atoms with Gasteiger partial charge in [-0.15, -0.1) is 0 Å². The summed E-state index contributed by atoms with van der Waals surface area (Å²) in [5.74, 6) is -0.268. The van der Waals surface area contributed by atoms with E-state index >= 15 is 0 Å². The van der Waals surface area contributed by atoms with Crippen molar-refractivity contribution in [1.29, 1.82) is 0 Å². The first-order valence-electron chi connectivity index (χ1n) is 7.20. The van der Waals surface area contributed by atoms with Crippen LogP contribution < -0.4 is 16.0 Å². The molecule has 112 valence electrons. The molecule has 0 bridgehead atoms. The molecule has 6 nitrogen and oxygen atoms in total. The first-order valence-corrected chi connectivity index (χ1v) is 7.20. The van der Waals surface area contributed by atoms with Crippen molar-refractivity contribution < 1.29 is 14.3 Å². The summed E-state index contributed by atoms with van der Waals surface area (Å²) in [5.41, 5.74) is 7.40. The third-order valence-corrected chi connectivity index (χ3v) is 3.98. The quantitative estimate of drug-likeness (QED) is 0.859. The van der Waals surface area contributed by atoms with E-state index in [1.165, 1.54) is 0 Å². The number of ether oxygens (including phenoxy) is 1. The SMILES string of the molecule is NC1COCC1C(=O)Nc1ccc(N2CCCC2=O)cc1. The molecule has 1 aromatic rings. The van der Waals surface area contributed by atoms with Gasteiger partial charge < -0.3 is 20.7 Å². The van der Waals surface area contributed by atoms with E-state index in [2.05, 4.69) is 5.32 Å². The van der Waals surface area contributed by atoms with Crippen LogP contribution >= 0.6 is 0 Å². The lowest BCUT2D eigenvalue weighted by Crippen LogP contribution is -2.37. The molecule has 0 aliphatic carbocycles. The van der Waals surface area contributed by atoms with E-state index in [0.29, 0.717) is 25.3 Å². The van der Waals surface area contributed by atoms with Gasteiger partial charge in [-0.25, -0.2) is 0 Å². The van der Waals surface area contributed by atoms with Crippen LogP contribution in [-0.4, -0.2) is 37.6 Å². The average molecular weight is 289 g/mol. The molecule has 2 amide bonds. The van der Waals surface area contributed by atoms with Crippen LogP contribution in [0.15, 0.2) is 24.3 Å². The predicted octanol–water partition coefficient (Wildman–Crippen LogP) is 0.726. The van der Waals surface area contributed by atoms with E-state index in [0.717, 1.165) is 18.7 Å². The van der Waals surface area contributed by atoms with Crippen LogP contribution in [0.2, 0.25) is 0 Å². The van der Waals surface area contributed by atoms with Gasteiger partial charge in [0.2, 0.25) is 11.8 Å². The lowest BCUT2D eigenvalue weighted by atomic mass is 10.0. The molecule has 2 aliphatic heterocycles. The fraction of sp³-hybridized carbons (Fsp3) is 0.467. The summed E-state index contributed by atoms with van der Waals surface area (Å²) in [6.07, 6.45) is 1.51. The summed E-state index contributed by atoms with van der Waals surface area (Å²) in [6.45, 7) is 1.56. The Morgan fingerprint density at radius 3 is 2.62 bits per heavy atom. The third kappa shape index (κ3) is 2.91. The Balaban J connectivity index is 1.64. The largest absolute Gasteiger partial charge is 0.379 e. The molecule has 2 heterocycles. The van der Waals surface area contributed by atoms with Crippen molar-refractivity contribution in [2.45, 2.75) is 18.9 Å². The molecule has 2 atom stereocenters. The van der Waals surface area contributed by atoms with Crippen molar-refractivity contribution >= 4 is 23.2 Å². The van der Waals surface area contributed by atoms with Crippen LogP contribution in [0, 0.1) is 5.92 Å². The minimum absolute atomic E-state index is 0.120. The smallest absolute Gasteiger partial charge is 0.231 e. The Labute approximate surface area is 123 Å². The van der Waals surface area contributed by atoms with E-state index < -0.39 is 0 Å². The average Bonchev–Trinajstić information content (AvgIpc) is 3.08. The Bertz CT molecular complexity index is 544. The van der Waals surface area contributed by atoms with Gasteiger partial charge in [-0.05, 0) is 30.7 Å². The van der Waals surface area contributed by atoms with Gasteiger partial charge in [0.05, 0.1) is 19.1 Å². The molecule has 0 radical (unpaired) electrons. The minimum atomic E-state index is -0.301. The number of hydrogen-bond acceptors (Lipinski definition) is 4. The molecular formula is C15H19N3O3. The highest BCUT2D eigenvalue weighted by molar-refractivity contribution is 5.96. The van der Waals surface area contributed by atoms with Crippen LogP contribution in [0.25, 0.3) is 0 Å². The normalized spacial score (nSPS) is 25.4. The fourth-order valence-corrected chi connectivity index (χ4v) is 2.72. The van der Waals surface area contributed by atoms with Gasteiger partial charge in [0.25, 0.3) is 0 Å². The zero-order valence-corrected chi connectivity index (χ0v) is 11.7. The maximum Gasteiger partial charge on any atom is 0.231 e. The second-order valence-electron chi connectivity index (χ2n) is 5.49. The summed E-state index contributed by atoms with van der Waals surface area (Å²) in [4.78, 5) is 25.5. The highest BCUT2D eigenvalue weighted by atomic mass is 16.5. The fourth-order valence-electron chi connectivity index (χ4n) is 2.72. The number of carbonyl (C=O) groups is 2. The van der Waals surface area contributed by atoms with Gasteiger partial charge in [-0.3, -0.25) is 9.59 Å². The molecule has 0 spiro atoms. The molecule has 0 saturated carbocycles. The van der Waals surface area contributed by atoms with Gasteiger partial charge >= 0.3 is 0 Å². The number of nitrogens with two attached hydrogens (primary N) is 1. The number of carbonyl (C=O) groups excluding carboxylic acids is 2. The van der Waals surface area contributed by atoms with Gasteiger partial charge in [0.1, 0.15) is 0 Å². The monoisotopic (exact) mass is 289 g/mol. The standard InChI is InChI=1S/C15H19N3O3/c16-13-9-21-8-12(13)15(20)17-10-3-5-11(6-4-10)18-7-1-2-14(18)19/h3-6,12-13H,1-2,7-9,16H2,(H,17,20). The summed E-state index contributed by atoms with van der Waals surface area (Å²) in [6, 6.07) is 7.07. The van der Waals surface area contributed by atoms with E-state index in [4.69, 9.17) is 10.5 Å². The summed E-state index contributed by atoms with van der Waals surface area (Å²) >= 11 is 0. The summed E-state index contributed by atoms with van der Waals surface area (Å²) < 4.78 is 5.20. The van der Waals surface area contributed by atoms with Crippen LogP contribution in [0.1, 0.15) is 12.8 Å². The lowest BCUT2D eigenvalue weighted by Gasteiger charge is -2.17. The van der Waals surface area contributed by atoms with Crippen molar-refractivity contribution in [2.75, 3.05) is 30.0 Å². The molecule has 0 aromatic heterocycles. The van der Waals surface area contributed by atoms with Gasteiger partial charge in [0.15, 0.2) is 0 Å². The van der Waals surface area contributed by atoms with Crippen LogP contribution in [0.4, 0.5) is 11.4 Å². The topological polar surface area (TPSA) is 84.7 Å². The Hall–Kier alpha value is -1.92. The molecule has 2 fully saturated rings. The molecule has 3 rings (SSSR count). The third-order valence-electron chi connectivity index (χ3n) is 3.98. The second-order valence-corrected chi connectivity index (χ2v) is 5.49. The van der Waals surface area contributed by atoms with Gasteiger partial charge in [-0.1, -0.05) is 0 Å². The molecule has 2 saturated heterocycles. The number of nitrogens with zero attached hydrogens (tertiary/aromatic N) is 1. The lowest BCUT2D eigenvalue weighted by molar-refractivity contribution is -0.120. The molecule has 1 aromatic carbocycles. The van der Waals surface area contributed by atoms with Crippen molar-refractivity contribution in [3.63, 3.8) is 0 Å². The molecule has 21 heavy (non-hydrogen) atoms. The number of amides is 2. The van der Waals surface area contributed by atoms with Gasteiger partial charge in [0, 0.05) is 30.4 Å². The predicted molar refractivity (Wildman–Crippen MR) is 78.9 cm³/mol. The van der Waals surface area contributed by atoms with E-state index in [1.54, 1.807) is 17.0 Å². The Morgan fingerprint density at radius 2 is 2.05 bits per heavy atom. The first kappa shape index (κ1) is 14.0. The highest BCUT2D eigenvalue weighted by Crippen LogP contribution is 2.23. The number of anilines is 2. The maximum atomic E-state index is 12.1. The van der Waals surface area contributed by atoms with Crippen molar-refractivity contribution in [3.05, 3.63) is 24.3 Å².